The third-order valence-corrected chi connectivity index (χ3v) is 6.56. The number of hydrogen-bond donors (Lipinski definition) is 1. The Hall–Kier alpha value is -3.42. The molecule has 2 aromatic rings. The molecule has 0 aliphatic carbocycles. The van der Waals surface area contributed by atoms with E-state index in [1.165, 1.54) is 11.6 Å². The summed E-state index contributed by atoms with van der Waals surface area (Å²) in [4.78, 5) is 25.1. The summed E-state index contributed by atoms with van der Waals surface area (Å²) in [5.41, 5.74) is 4.81. The second-order valence-corrected chi connectivity index (χ2v) is 9.63. The molecule has 1 saturated heterocycles. The highest BCUT2D eigenvalue weighted by molar-refractivity contribution is 5.86. The van der Waals surface area contributed by atoms with Gasteiger partial charge < -0.3 is 24.2 Å². The minimum Gasteiger partial charge on any atom is -0.462 e. The first kappa shape index (κ1) is 29.1. The van der Waals surface area contributed by atoms with Crippen molar-refractivity contribution in [3.8, 4) is 0 Å². The van der Waals surface area contributed by atoms with Crippen molar-refractivity contribution in [1.29, 1.82) is 0 Å². The van der Waals surface area contributed by atoms with E-state index < -0.39 is 5.97 Å². The fourth-order valence-corrected chi connectivity index (χ4v) is 4.14. The number of aliphatic hydroxyl groups is 1. The molecule has 0 aromatic heterocycles. The number of aryl methyl sites for hydroxylation is 2. The number of rotatable bonds is 16. The average molecular weight is 522 g/mol. The highest BCUT2D eigenvalue weighted by Gasteiger charge is 2.26. The molecule has 1 fully saturated rings. The molecule has 1 aliphatic heterocycles. The predicted molar refractivity (Wildman–Crippen MR) is 148 cm³/mol. The van der Waals surface area contributed by atoms with Crippen LogP contribution in [0.4, 0.5) is 11.4 Å². The van der Waals surface area contributed by atoms with Crippen molar-refractivity contribution in [2.45, 2.75) is 45.1 Å². The highest BCUT2D eigenvalue weighted by Crippen LogP contribution is 2.27. The fraction of sp³-hybridized carbons (Fsp3) is 0.419. The van der Waals surface area contributed by atoms with Gasteiger partial charge >= 0.3 is 11.9 Å². The summed E-state index contributed by atoms with van der Waals surface area (Å²) in [7, 11) is 0. The Bertz CT molecular complexity index is 1060. The van der Waals surface area contributed by atoms with E-state index in [2.05, 4.69) is 66.6 Å². The van der Waals surface area contributed by atoms with Gasteiger partial charge in [-0.15, -0.1) is 0 Å². The van der Waals surface area contributed by atoms with Crippen LogP contribution in [-0.4, -0.2) is 56.1 Å². The van der Waals surface area contributed by atoms with Gasteiger partial charge in [-0.3, -0.25) is 0 Å². The lowest BCUT2D eigenvalue weighted by Crippen LogP contribution is -2.38. The molecule has 38 heavy (non-hydrogen) atoms. The predicted octanol–water partition coefficient (Wildman–Crippen LogP) is 4.94. The van der Waals surface area contributed by atoms with E-state index in [0.717, 1.165) is 42.6 Å². The molecule has 1 unspecified atom stereocenters. The molecule has 0 radical (unpaired) electrons. The number of anilines is 2. The summed E-state index contributed by atoms with van der Waals surface area (Å²) in [5.74, 6) is -0.519. The molecule has 0 saturated carbocycles. The highest BCUT2D eigenvalue weighted by atomic mass is 16.5. The fourth-order valence-electron chi connectivity index (χ4n) is 4.14. The topological polar surface area (TPSA) is 85.3 Å². The third kappa shape index (κ3) is 9.15. The normalized spacial score (nSPS) is 13.7. The van der Waals surface area contributed by atoms with Gasteiger partial charge in [0.2, 0.25) is 0 Å². The molecule has 7 heteroatoms. The summed E-state index contributed by atoms with van der Waals surface area (Å²) in [6, 6.07) is 16.7. The molecule has 0 spiro atoms. The smallest absolute Gasteiger partial charge is 0.333 e. The number of esters is 2. The second kappa shape index (κ2) is 15.1. The van der Waals surface area contributed by atoms with Crippen molar-refractivity contribution < 1.29 is 28.9 Å². The zero-order valence-electron chi connectivity index (χ0n) is 22.3. The summed E-state index contributed by atoms with van der Waals surface area (Å²) in [6.45, 7) is 11.3. The molecule has 3 rings (SSSR count). The SMILES string of the molecule is C=CC(=O)OCCCN(c1ccc(CCCOC(=O)C(=C)C)cc1)c1ccc(CCC(O)C2COC2)cc1. The third-order valence-electron chi connectivity index (χ3n) is 6.56. The number of ether oxygens (including phenoxy) is 3. The van der Waals surface area contributed by atoms with E-state index in [-0.39, 0.29) is 18.0 Å². The van der Waals surface area contributed by atoms with Gasteiger partial charge in [0.1, 0.15) is 0 Å². The standard InChI is InChI=1S/C31H39NO6/c1-4-30(34)37-20-6-18-32(27-13-8-24(9-14-27)7-5-19-38-31(35)23(2)3)28-15-10-25(11-16-28)12-17-29(33)26-21-36-22-26/h4,8-11,13-16,26,29,33H,1-2,5-7,12,17-22H2,3H3. The van der Waals surface area contributed by atoms with Crippen LogP contribution >= 0.6 is 0 Å². The molecule has 0 bridgehead atoms. The van der Waals surface area contributed by atoms with Crippen LogP contribution in [0.15, 0.2) is 73.3 Å². The molecule has 1 aliphatic rings. The molecule has 1 heterocycles. The molecule has 0 amide bonds. The molecule has 7 nitrogen and oxygen atoms in total. The van der Waals surface area contributed by atoms with E-state index in [9.17, 15) is 14.7 Å². The molecule has 2 aromatic carbocycles. The van der Waals surface area contributed by atoms with Crippen molar-refractivity contribution in [1.82, 2.24) is 0 Å². The van der Waals surface area contributed by atoms with Gasteiger partial charge in [-0.05, 0) is 74.4 Å². The maximum absolute atomic E-state index is 11.5. The number of aliphatic hydroxyl groups excluding tert-OH is 1. The Labute approximate surface area is 225 Å². The van der Waals surface area contributed by atoms with Crippen molar-refractivity contribution in [2.24, 2.45) is 5.92 Å². The van der Waals surface area contributed by atoms with Crippen LogP contribution in [0, 0.1) is 5.92 Å². The first-order valence-corrected chi connectivity index (χ1v) is 13.2. The summed E-state index contributed by atoms with van der Waals surface area (Å²) in [6.07, 6.45) is 4.58. The second-order valence-electron chi connectivity index (χ2n) is 9.63. The summed E-state index contributed by atoms with van der Waals surface area (Å²) < 4.78 is 15.5. The largest absolute Gasteiger partial charge is 0.462 e. The molecule has 204 valence electrons. The average Bonchev–Trinajstić information content (AvgIpc) is 2.89. The van der Waals surface area contributed by atoms with E-state index in [1.807, 2.05) is 0 Å². The first-order valence-electron chi connectivity index (χ1n) is 13.2. The Balaban J connectivity index is 1.61. The van der Waals surface area contributed by atoms with Gasteiger partial charge in [0.15, 0.2) is 0 Å². The molecular formula is C31H39NO6. The molecule has 1 atom stereocenters. The Kier molecular flexibility index (Phi) is 11.6. The van der Waals surface area contributed by atoms with Gasteiger partial charge in [0, 0.05) is 35.5 Å². The van der Waals surface area contributed by atoms with Crippen LogP contribution in [0.1, 0.15) is 37.3 Å². The maximum Gasteiger partial charge on any atom is 0.333 e. The lowest BCUT2D eigenvalue weighted by atomic mass is 9.95. The number of hydrogen-bond acceptors (Lipinski definition) is 7. The van der Waals surface area contributed by atoms with Gasteiger partial charge in [0.25, 0.3) is 0 Å². The lowest BCUT2D eigenvalue weighted by molar-refractivity contribution is -0.139. The van der Waals surface area contributed by atoms with Crippen molar-refractivity contribution >= 4 is 23.3 Å². The van der Waals surface area contributed by atoms with Crippen LogP contribution in [0.2, 0.25) is 0 Å². The quantitative estimate of drug-likeness (QED) is 0.190. The van der Waals surface area contributed by atoms with E-state index >= 15 is 0 Å². The van der Waals surface area contributed by atoms with Gasteiger partial charge in [-0.25, -0.2) is 9.59 Å². The van der Waals surface area contributed by atoms with Crippen LogP contribution < -0.4 is 4.90 Å². The molecule has 1 N–H and O–H groups in total. The Morgan fingerprint density at radius 1 is 1.00 bits per heavy atom. The number of carbonyl (C=O) groups excluding carboxylic acids is 2. The van der Waals surface area contributed by atoms with Crippen molar-refractivity contribution in [3.63, 3.8) is 0 Å². The summed E-state index contributed by atoms with van der Waals surface area (Å²) >= 11 is 0. The van der Waals surface area contributed by atoms with E-state index in [0.29, 0.717) is 45.0 Å². The number of benzene rings is 2. The van der Waals surface area contributed by atoms with E-state index in [1.54, 1.807) is 6.92 Å². The Morgan fingerprint density at radius 3 is 2.11 bits per heavy atom. The zero-order valence-corrected chi connectivity index (χ0v) is 22.3. The monoisotopic (exact) mass is 521 g/mol. The van der Waals surface area contributed by atoms with Gasteiger partial charge in [-0.1, -0.05) is 37.4 Å². The minimum atomic E-state index is -0.421. The zero-order chi connectivity index (χ0) is 27.3. The van der Waals surface area contributed by atoms with E-state index in [4.69, 9.17) is 14.2 Å². The van der Waals surface area contributed by atoms with Gasteiger partial charge in [-0.2, -0.15) is 0 Å². The Morgan fingerprint density at radius 2 is 1.58 bits per heavy atom. The van der Waals surface area contributed by atoms with Crippen molar-refractivity contribution in [2.75, 3.05) is 37.9 Å². The lowest BCUT2D eigenvalue weighted by Gasteiger charge is -2.30. The van der Waals surface area contributed by atoms with Crippen LogP contribution in [-0.2, 0) is 36.6 Å². The number of carbonyl (C=O) groups is 2. The van der Waals surface area contributed by atoms with Crippen LogP contribution in [0.25, 0.3) is 0 Å². The first-order chi connectivity index (χ1) is 18.4. The van der Waals surface area contributed by atoms with Crippen LogP contribution in [0.5, 0.6) is 0 Å². The molecular weight excluding hydrogens is 482 g/mol. The van der Waals surface area contributed by atoms with Crippen LogP contribution in [0.3, 0.4) is 0 Å². The minimum absolute atomic E-state index is 0.259. The number of nitrogens with zero attached hydrogens (tertiary/aromatic N) is 1. The van der Waals surface area contributed by atoms with Crippen molar-refractivity contribution in [3.05, 3.63) is 84.5 Å². The summed E-state index contributed by atoms with van der Waals surface area (Å²) in [5, 5.41) is 10.3. The van der Waals surface area contributed by atoms with Gasteiger partial charge in [0.05, 0.1) is 32.5 Å². The maximum atomic E-state index is 11.5.